The Balaban J connectivity index is 2.58. The maximum atomic E-state index is 12.8. The standard InChI is InChI=1S/C8H6BrFN4/c1-5-11-12-13-14(5)8-3-2-6(10)4-7(8)9/h2-4H,1H3. The van der Waals surface area contributed by atoms with Crippen molar-refractivity contribution in [1.29, 1.82) is 0 Å². The van der Waals surface area contributed by atoms with Crippen molar-refractivity contribution >= 4 is 15.9 Å². The second-order valence-electron chi connectivity index (χ2n) is 2.73. The fourth-order valence-corrected chi connectivity index (χ4v) is 1.63. The van der Waals surface area contributed by atoms with Gasteiger partial charge in [-0.05, 0) is 51.5 Å². The fraction of sp³-hybridized carbons (Fsp3) is 0.125. The van der Waals surface area contributed by atoms with E-state index in [2.05, 4.69) is 31.5 Å². The van der Waals surface area contributed by atoms with Crippen molar-refractivity contribution in [2.45, 2.75) is 6.92 Å². The molecule has 0 aliphatic rings. The van der Waals surface area contributed by atoms with Crippen molar-refractivity contribution in [3.8, 4) is 5.69 Å². The minimum absolute atomic E-state index is 0.300. The summed E-state index contributed by atoms with van der Waals surface area (Å²) in [6.07, 6.45) is 0. The zero-order valence-electron chi connectivity index (χ0n) is 7.28. The Kier molecular flexibility index (Phi) is 2.28. The summed E-state index contributed by atoms with van der Waals surface area (Å²) in [7, 11) is 0. The number of rotatable bonds is 1. The lowest BCUT2D eigenvalue weighted by molar-refractivity contribution is 0.625. The van der Waals surface area contributed by atoms with Crippen molar-refractivity contribution < 1.29 is 4.39 Å². The Labute approximate surface area is 87.9 Å². The van der Waals surface area contributed by atoms with Gasteiger partial charge in [0.15, 0.2) is 5.82 Å². The molecule has 1 heterocycles. The van der Waals surface area contributed by atoms with Gasteiger partial charge in [-0.1, -0.05) is 0 Å². The fourth-order valence-electron chi connectivity index (χ4n) is 1.11. The Morgan fingerprint density at radius 2 is 2.21 bits per heavy atom. The summed E-state index contributed by atoms with van der Waals surface area (Å²) in [6.45, 7) is 1.77. The van der Waals surface area contributed by atoms with Gasteiger partial charge in [-0.2, -0.15) is 4.68 Å². The molecule has 72 valence electrons. The maximum absolute atomic E-state index is 12.8. The van der Waals surface area contributed by atoms with E-state index in [9.17, 15) is 4.39 Å². The first-order valence-corrected chi connectivity index (χ1v) is 4.68. The molecule has 0 amide bonds. The maximum Gasteiger partial charge on any atom is 0.153 e. The number of nitrogens with zero attached hydrogens (tertiary/aromatic N) is 4. The lowest BCUT2D eigenvalue weighted by Crippen LogP contribution is -2.00. The molecule has 0 fully saturated rings. The third-order valence-electron chi connectivity index (χ3n) is 1.76. The highest BCUT2D eigenvalue weighted by molar-refractivity contribution is 9.10. The summed E-state index contributed by atoms with van der Waals surface area (Å²) < 4.78 is 14.9. The molecule has 0 saturated heterocycles. The first kappa shape index (κ1) is 9.26. The van der Waals surface area contributed by atoms with E-state index in [0.29, 0.717) is 16.0 Å². The van der Waals surface area contributed by atoms with Gasteiger partial charge in [-0.3, -0.25) is 0 Å². The normalized spacial score (nSPS) is 10.5. The summed E-state index contributed by atoms with van der Waals surface area (Å²) in [6, 6.07) is 4.35. The quantitative estimate of drug-likeness (QED) is 0.783. The molecule has 14 heavy (non-hydrogen) atoms. The second kappa shape index (κ2) is 3.45. The number of benzene rings is 1. The van der Waals surface area contributed by atoms with Gasteiger partial charge in [0.25, 0.3) is 0 Å². The third-order valence-corrected chi connectivity index (χ3v) is 2.40. The van der Waals surface area contributed by atoms with E-state index in [4.69, 9.17) is 0 Å². The molecule has 2 rings (SSSR count). The van der Waals surface area contributed by atoms with E-state index >= 15 is 0 Å². The van der Waals surface area contributed by atoms with Crippen LogP contribution in [-0.4, -0.2) is 20.2 Å². The summed E-state index contributed by atoms with van der Waals surface area (Å²) in [5.41, 5.74) is 0.717. The highest BCUT2D eigenvalue weighted by Gasteiger charge is 2.07. The molecular formula is C8H6BrFN4. The number of hydrogen-bond donors (Lipinski definition) is 0. The van der Waals surface area contributed by atoms with Crippen LogP contribution in [0.2, 0.25) is 0 Å². The summed E-state index contributed by atoms with van der Waals surface area (Å²) in [5, 5.41) is 11.0. The molecule has 6 heteroatoms. The second-order valence-corrected chi connectivity index (χ2v) is 3.59. The molecule has 1 aromatic heterocycles. The number of halogens is 2. The average molecular weight is 257 g/mol. The zero-order valence-corrected chi connectivity index (χ0v) is 8.86. The SMILES string of the molecule is Cc1nnnn1-c1ccc(F)cc1Br. The number of aromatic nitrogens is 4. The minimum atomic E-state index is -0.300. The van der Waals surface area contributed by atoms with Crippen LogP contribution in [0.15, 0.2) is 22.7 Å². The Bertz CT molecular complexity index is 468. The predicted molar refractivity (Wildman–Crippen MR) is 51.5 cm³/mol. The third kappa shape index (κ3) is 1.52. The largest absolute Gasteiger partial charge is 0.207 e. The van der Waals surface area contributed by atoms with Gasteiger partial charge in [-0.25, -0.2) is 4.39 Å². The first-order valence-electron chi connectivity index (χ1n) is 3.89. The van der Waals surface area contributed by atoms with Gasteiger partial charge in [0, 0.05) is 4.47 Å². The van der Waals surface area contributed by atoms with Crippen LogP contribution in [-0.2, 0) is 0 Å². The zero-order chi connectivity index (χ0) is 10.1. The lowest BCUT2D eigenvalue weighted by Gasteiger charge is -2.03. The molecule has 4 nitrogen and oxygen atoms in total. The molecule has 0 N–H and O–H groups in total. The van der Waals surface area contributed by atoms with E-state index in [0.717, 1.165) is 0 Å². The van der Waals surface area contributed by atoms with Gasteiger partial charge in [0.05, 0.1) is 5.69 Å². The van der Waals surface area contributed by atoms with Gasteiger partial charge < -0.3 is 0 Å². The highest BCUT2D eigenvalue weighted by Crippen LogP contribution is 2.21. The van der Waals surface area contributed by atoms with Crippen molar-refractivity contribution in [2.24, 2.45) is 0 Å². The van der Waals surface area contributed by atoms with Crippen LogP contribution in [0.4, 0.5) is 4.39 Å². The molecule has 0 bridgehead atoms. The molecule has 2 aromatic rings. The Morgan fingerprint density at radius 1 is 1.43 bits per heavy atom. The van der Waals surface area contributed by atoms with Crippen molar-refractivity contribution in [3.63, 3.8) is 0 Å². The molecule has 0 unspecified atom stereocenters. The molecule has 1 aromatic carbocycles. The predicted octanol–water partition coefficient (Wildman–Crippen LogP) is 1.87. The molecule has 0 aliphatic heterocycles. The molecule has 0 saturated carbocycles. The molecule has 0 radical (unpaired) electrons. The van der Waals surface area contributed by atoms with Crippen molar-refractivity contribution in [2.75, 3.05) is 0 Å². The summed E-state index contributed by atoms with van der Waals surface area (Å²) in [4.78, 5) is 0. The topological polar surface area (TPSA) is 43.6 Å². The molecular weight excluding hydrogens is 251 g/mol. The van der Waals surface area contributed by atoms with Crippen LogP contribution in [0.25, 0.3) is 5.69 Å². The van der Waals surface area contributed by atoms with E-state index < -0.39 is 0 Å². The van der Waals surface area contributed by atoms with Crippen LogP contribution >= 0.6 is 15.9 Å². The monoisotopic (exact) mass is 256 g/mol. The number of aryl methyl sites for hydroxylation is 1. The minimum Gasteiger partial charge on any atom is -0.207 e. The van der Waals surface area contributed by atoms with Crippen molar-refractivity contribution in [1.82, 2.24) is 20.2 Å². The van der Waals surface area contributed by atoms with E-state index in [1.54, 1.807) is 13.0 Å². The van der Waals surface area contributed by atoms with Crippen LogP contribution < -0.4 is 0 Å². The summed E-state index contributed by atoms with van der Waals surface area (Å²) >= 11 is 3.25. The summed E-state index contributed by atoms with van der Waals surface area (Å²) in [5.74, 6) is 0.351. The van der Waals surface area contributed by atoms with Crippen LogP contribution in [0.1, 0.15) is 5.82 Å². The van der Waals surface area contributed by atoms with Gasteiger partial charge in [0.2, 0.25) is 0 Å². The Morgan fingerprint density at radius 3 is 2.79 bits per heavy atom. The lowest BCUT2D eigenvalue weighted by atomic mass is 10.3. The molecule has 0 aliphatic carbocycles. The van der Waals surface area contributed by atoms with Crippen LogP contribution in [0.3, 0.4) is 0 Å². The van der Waals surface area contributed by atoms with Crippen LogP contribution in [0.5, 0.6) is 0 Å². The van der Waals surface area contributed by atoms with E-state index in [1.807, 2.05) is 0 Å². The van der Waals surface area contributed by atoms with Gasteiger partial charge in [-0.15, -0.1) is 5.10 Å². The van der Waals surface area contributed by atoms with Gasteiger partial charge >= 0.3 is 0 Å². The molecule has 0 atom stereocenters. The van der Waals surface area contributed by atoms with E-state index in [1.165, 1.54) is 16.8 Å². The first-order chi connectivity index (χ1) is 6.68. The average Bonchev–Trinajstić information content (AvgIpc) is 2.52. The smallest absolute Gasteiger partial charge is 0.153 e. The van der Waals surface area contributed by atoms with Crippen molar-refractivity contribution in [3.05, 3.63) is 34.3 Å². The number of hydrogen-bond acceptors (Lipinski definition) is 3. The molecule has 0 spiro atoms. The number of tetrazole rings is 1. The van der Waals surface area contributed by atoms with Gasteiger partial charge in [0.1, 0.15) is 5.82 Å². The van der Waals surface area contributed by atoms with E-state index in [-0.39, 0.29) is 5.82 Å². The highest BCUT2D eigenvalue weighted by atomic mass is 79.9. The van der Waals surface area contributed by atoms with Crippen LogP contribution in [0, 0.1) is 12.7 Å². The Hall–Kier alpha value is -1.30.